The lowest BCUT2D eigenvalue weighted by molar-refractivity contribution is 0.622. The van der Waals surface area contributed by atoms with Crippen LogP contribution in [0.1, 0.15) is 17.2 Å². The fraction of sp³-hybridized carbons (Fsp3) is 0.118. The molecule has 106 valence electrons. The lowest BCUT2D eigenvalue weighted by Crippen LogP contribution is -2.14. The van der Waals surface area contributed by atoms with Gasteiger partial charge in [-0.2, -0.15) is 0 Å². The zero-order valence-electron chi connectivity index (χ0n) is 11.3. The first-order valence-electron chi connectivity index (χ1n) is 6.68. The van der Waals surface area contributed by atoms with E-state index in [1.165, 1.54) is 12.1 Å². The Balaban J connectivity index is 1.97. The number of hydrogen-bond acceptors (Lipinski definition) is 2. The first-order chi connectivity index (χ1) is 10.1. The van der Waals surface area contributed by atoms with E-state index in [1.54, 1.807) is 12.3 Å². The Morgan fingerprint density at radius 2 is 1.95 bits per heavy atom. The van der Waals surface area contributed by atoms with E-state index in [-0.39, 0.29) is 11.9 Å². The highest BCUT2D eigenvalue weighted by molar-refractivity contribution is 6.31. The van der Waals surface area contributed by atoms with E-state index in [2.05, 4.69) is 4.98 Å². The topological polar surface area (TPSA) is 38.9 Å². The molecule has 3 rings (SSSR count). The third-order valence-corrected chi connectivity index (χ3v) is 3.90. The van der Waals surface area contributed by atoms with Gasteiger partial charge in [0.25, 0.3) is 0 Å². The van der Waals surface area contributed by atoms with Crippen molar-refractivity contribution < 1.29 is 4.39 Å². The zero-order chi connectivity index (χ0) is 14.8. The SMILES string of the molecule is NC(Cc1cc(F)ccc1Cl)c1ccnc2ccccc12. The minimum atomic E-state index is -0.304. The average molecular weight is 301 g/mol. The van der Waals surface area contributed by atoms with Crippen molar-refractivity contribution in [3.8, 4) is 0 Å². The number of fused-ring (bicyclic) bond motifs is 1. The second kappa shape index (κ2) is 5.80. The highest BCUT2D eigenvalue weighted by Gasteiger charge is 2.13. The number of nitrogens with two attached hydrogens (primary N) is 1. The molecule has 4 heteroatoms. The molecule has 2 nitrogen and oxygen atoms in total. The Morgan fingerprint density at radius 3 is 2.81 bits per heavy atom. The predicted octanol–water partition coefficient (Wildman–Crippen LogP) is 4.27. The molecule has 0 saturated heterocycles. The second-order valence-corrected chi connectivity index (χ2v) is 5.37. The van der Waals surface area contributed by atoms with Gasteiger partial charge in [0.2, 0.25) is 0 Å². The summed E-state index contributed by atoms with van der Waals surface area (Å²) in [6.45, 7) is 0. The van der Waals surface area contributed by atoms with Crippen LogP contribution in [0.2, 0.25) is 5.02 Å². The van der Waals surface area contributed by atoms with Crippen molar-refractivity contribution in [2.24, 2.45) is 5.73 Å². The molecule has 2 N–H and O–H groups in total. The van der Waals surface area contributed by atoms with Gasteiger partial charge < -0.3 is 5.73 Å². The Labute approximate surface area is 127 Å². The number of pyridine rings is 1. The number of hydrogen-bond donors (Lipinski definition) is 1. The van der Waals surface area contributed by atoms with Crippen LogP contribution in [0, 0.1) is 5.82 Å². The minimum absolute atomic E-state index is 0.266. The molecule has 0 saturated carbocycles. The third kappa shape index (κ3) is 2.89. The molecule has 0 spiro atoms. The summed E-state index contributed by atoms with van der Waals surface area (Å²) >= 11 is 6.11. The van der Waals surface area contributed by atoms with Gasteiger partial charge in [0.05, 0.1) is 5.52 Å². The zero-order valence-corrected chi connectivity index (χ0v) is 12.0. The third-order valence-electron chi connectivity index (χ3n) is 3.53. The van der Waals surface area contributed by atoms with Crippen molar-refractivity contribution in [2.45, 2.75) is 12.5 Å². The van der Waals surface area contributed by atoms with Gasteiger partial charge in [0, 0.05) is 22.6 Å². The van der Waals surface area contributed by atoms with Crippen molar-refractivity contribution >= 4 is 22.5 Å². The lowest BCUT2D eigenvalue weighted by Gasteiger charge is -2.15. The second-order valence-electron chi connectivity index (χ2n) is 4.96. The first-order valence-corrected chi connectivity index (χ1v) is 7.06. The normalized spacial score (nSPS) is 12.5. The maximum Gasteiger partial charge on any atom is 0.123 e. The summed E-state index contributed by atoms with van der Waals surface area (Å²) in [5, 5.41) is 1.55. The van der Waals surface area contributed by atoms with Gasteiger partial charge in [-0.1, -0.05) is 29.8 Å². The quantitative estimate of drug-likeness (QED) is 0.784. The monoisotopic (exact) mass is 300 g/mol. The Bertz CT molecular complexity index is 783. The summed E-state index contributed by atoms with van der Waals surface area (Å²) in [7, 11) is 0. The molecule has 0 amide bonds. The molecular formula is C17H14ClFN2. The van der Waals surface area contributed by atoms with Gasteiger partial charge in [-0.05, 0) is 47.9 Å². The van der Waals surface area contributed by atoms with Crippen molar-refractivity contribution in [2.75, 3.05) is 0 Å². The van der Waals surface area contributed by atoms with Gasteiger partial charge in [0.15, 0.2) is 0 Å². The van der Waals surface area contributed by atoms with E-state index in [4.69, 9.17) is 17.3 Å². The molecule has 0 fully saturated rings. The lowest BCUT2D eigenvalue weighted by atomic mass is 9.97. The minimum Gasteiger partial charge on any atom is -0.324 e. The van der Waals surface area contributed by atoms with Crippen molar-refractivity contribution in [1.82, 2.24) is 4.98 Å². The Hall–Kier alpha value is -1.97. The largest absolute Gasteiger partial charge is 0.324 e. The number of rotatable bonds is 3. The Morgan fingerprint density at radius 1 is 1.14 bits per heavy atom. The van der Waals surface area contributed by atoms with E-state index < -0.39 is 0 Å². The molecule has 2 aromatic carbocycles. The molecule has 0 aliphatic carbocycles. The molecular weight excluding hydrogens is 287 g/mol. The van der Waals surface area contributed by atoms with Crippen molar-refractivity contribution in [1.29, 1.82) is 0 Å². The summed E-state index contributed by atoms with van der Waals surface area (Å²) in [6.07, 6.45) is 2.22. The highest BCUT2D eigenvalue weighted by Crippen LogP contribution is 2.26. The fourth-order valence-corrected chi connectivity index (χ4v) is 2.68. The molecule has 0 radical (unpaired) electrons. The van der Waals surface area contributed by atoms with Crippen LogP contribution in [-0.2, 0) is 6.42 Å². The van der Waals surface area contributed by atoms with Crippen LogP contribution in [0.25, 0.3) is 10.9 Å². The summed E-state index contributed by atoms with van der Waals surface area (Å²) < 4.78 is 13.3. The molecule has 1 atom stereocenters. The average Bonchev–Trinajstić information content (AvgIpc) is 2.50. The first kappa shape index (κ1) is 14.0. The summed E-state index contributed by atoms with van der Waals surface area (Å²) in [4.78, 5) is 4.32. The van der Waals surface area contributed by atoms with Crippen LogP contribution in [0.5, 0.6) is 0 Å². The number of nitrogens with zero attached hydrogens (tertiary/aromatic N) is 1. The van der Waals surface area contributed by atoms with Gasteiger partial charge in [-0.25, -0.2) is 4.39 Å². The summed E-state index contributed by atoms with van der Waals surface area (Å²) in [6, 6.07) is 13.8. The van der Waals surface area contributed by atoms with Crippen LogP contribution in [0.4, 0.5) is 4.39 Å². The van der Waals surface area contributed by atoms with Gasteiger partial charge in [-0.15, -0.1) is 0 Å². The number of aromatic nitrogens is 1. The van der Waals surface area contributed by atoms with Gasteiger partial charge in [-0.3, -0.25) is 4.98 Å². The molecule has 0 aliphatic heterocycles. The summed E-state index contributed by atoms with van der Waals surface area (Å²) in [5.74, 6) is -0.304. The summed E-state index contributed by atoms with van der Waals surface area (Å²) in [5.41, 5.74) is 8.90. The maximum atomic E-state index is 13.3. The molecule has 1 aromatic heterocycles. The standard InChI is InChI=1S/C17H14ClFN2/c18-15-6-5-12(19)9-11(15)10-16(20)13-7-8-21-17-4-2-1-3-14(13)17/h1-9,16H,10,20H2. The Kier molecular flexibility index (Phi) is 3.86. The van der Waals surface area contributed by atoms with Crippen LogP contribution in [-0.4, -0.2) is 4.98 Å². The smallest absolute Gasteiger partial charge is 0.123 e. The molecule has 1 unspecified atom stereocenters. The number of para-hydroxylation sites is 1. The molecule has 21 heavy (non-hydrogen) atoms. The van der Waals surface area contributed by atoms with E-state index in [0.717, 1.165) is 16.5 Å². The van der Waals surface area contributed by atoms with Crippen LogP contribution >= 0.6 is 11.6 Å². The van der Waals surface area contributed by atoms with Gasteiger partial charge >= 0.3 is 0 Å². The highest BCUT2D eigenvalue weighted by atomic mass is 35.5. The predicted molar refractivity (Wildman–Crippen MR) is 83.8 cm³/mol. The van der Waals surface area contributed by atoms with E-state index >= 15 is 0 Å². The van der Waals surface area contributed by atoms with E-state index in [0.29, 0.717) is 17.0 Å². The van der Waals surface area contributed by atoms with Crippen LogP contribution in [0.15, 0.2) is 54.7 Å². The van der Waals surface area contributed by atoms with Crippen molar-refractivity contribution in [3.05, 3.63) is 76.7 Å². The molecule has 0 aliphatic rings. The molecule has 1 heterocycles. The van der Waals surface area contributed by atoms with Crippen molar-refractivity contribution in [3.63, 3.8) is 0 Å². The molecule has 0 bridgehead atoms. The van der Waals surface area contributed by atoms with Crippen LogP contribution < -0.4 is 5.73 Å². The maximum absolute atomic E-state index is 13.3. The van der Waals surface area contributed by atoms with Crippen LogP contribution in [0.3, 0.4) is 0 Å². The van der Waals surface area contributed by atoms with Gasteiger partial charge in [0.1, 0.15) is 5.82 Å². The van der Waals surface area contributed by atoms with E-state index in [9.17, 15) is 4.39 Å². The fourth-order valence-electron chi connectivity index (χ4n) is 2.49. The number of halogens is 2. The number of benzene rings is 2. The molecule has 3 aromatic rings. The van der Waals surface area contributed by atoms with E-state index in [1.807, 2.05) is 30.3 Å².